The van der Waals surface area contributed by atoms with Crippen LogP contribution in [0.2, 0.25) is 10.0 Å². The van der Waals surface area contributed by atoms with E-state index < -0.39 is 0 Å². The normalized spacial score (nSPS) is 8.91. The number of nitrogens with zero attached hydrogens (tertiary/aromatic N) is 1. The van der Waals surface area contributed by atoms with Crippen molar-refractivity contribution in [1.29, 1.82) is 0 Å². The molecule has 0 radical (unpaired) electrons. The van der Waals surface area contributed by atoms with Gasteiger partial charge in [-0.25, -0.2) is 0 Å². The van der Waals surface area contributed by atoms with Crippen LogP contribution < -0.4 is 23.7 Å². The Kier molecular flexibility index (Phi) is 68.3. The van der Waals surface area contributed by atoms with Gasteiger partial charge in [-0.15, -0.1) is 0 Å². The fourth-order valence-corrected chi connectivity index (χ4v) is 5.51. The van der Waals surface area contributed by atoms with E-state index in [0.29, 0.717) is 11.8 Å². The first-order valence-corrected chi connectivity index (χ1v) is 28.7. The summed E-state index contributed by atoms with van der Waals surface area (Å²) in [4.78, 5) is 3.78. The number of hydrogen-bond acceptors (Lipinski definition) is 7. The molecule has 2 aliphatic rings. The Morgan fingerprint density at radius 1 is 0.380 bits per heavy atom. The molecular weight excluding hydrogens is 1020 g/mol. The van der Waals surface area contributed by atoms with Gasteiger partial charge in [0.25, 0.3) is 0 Å². The number of ether oxygens (including phenoxy) is 5. The molecule has 0 bridgehead atoms. The molecule has 0 fully saturated rings. The molecule has 11 rings (SSSR count). The van der Waals surface area contributed by atoms with Gasteiger partial charge in [-0.2, -0.15) is 0 Å². The quantitative estimate of drug-likeness (QED) is 0.171. The average molecular weight is 1120 g/mol. The minimum absolute atomic E-state index is 0.360. The topological polar surface area (TPSA) is 72.2 Å². The second-order valence-corrected chi connectivity index (χ2v) is 13.5. The van der Waals surface area contributed by atoms with Crippen LogP contribution in [0, 0.1) is 0 Å². The molecule has 0 atom stereocenters. The van der Waals surface area contributed by atoms with Crippen molar-refractivity contribution in [1.82, 2.24) is 4.98 Å². The first-order chi connectivity index (χ1) is 39.1. The number of aromatic nitrogens is 1. The number of benzene rings is 7. The summed E-state index contributed by atoms with van der Waals surface area (Å²) in [5, 5.41) is 2.61. The van der Waals surface area contributed by atoms with Crippen molar-refractivity contribution in [2.24, 2.45) is 0 Å². The van der Waals surface area contributed by atoms with E-state index in [-0.39, 0.29) is 0 Å². The van der Waals surface area contributed by atoms with Crippen molar-refractivity contribution >= 4 is 34.2 Å². The zero-order chi connectivity index (χ0) is 60.4. The molecule has 9 heteroatoms. The van der Waals surface area contributed by atoms with Gasteiger partial charge in [0.05, 0.1) is 32.1 Å². The first kappa shape index (κ1) is 80.7. The third-order valence-electron chi connectivity index (χ3n) is 8.24. The van der Waals surface area contributed by atoms with Crippen LogP contribution in [0.4, 0.5) is 0 Å². The van der Waals surface area contributed by atoms with Crippen LogP contribution in [0.3, 0.4) is 0 Å². The van der Waals surface area contributed by atoms with Gasteiger partial charge in [0.15, 0.2) is 11.5 Å². The smallest absolute Gasteiger partial charge is 0.231 e. The number of para-hydroxylation sites is 6. The van der Waals surface area contributed by atoms with Gasteiger partial charge in [0, 0.05) is 29.2 Å². The maximum absolute atomic E-state index is 5.70. The van der Waals surface area contributed by atoms with Crippen LogP contribution in [-0.4, -0.2) is 32.6 Å². The highest BCUT2D eigenvalue weighted by atomic mass is 35.5. The number of methoxy groups -OCH3 is 2. The Labute approximate surface area is 490 Å². The Bertz CT molecular complexity index is 2250. The van der Waals surface area contributed by atoms with Gasteiger partial charge in [-0.3, -0.25) is 4.98 Å². The highest BCUT2D eigenvalue weighted by Gasteiger charge is 2.10. The van der Waals surface area contributed by atoms with E-state index in [1.807, 2.05) is 317 Å². The molecule has 2 aromatic heterocycles. The Morgan fingerprint density at radius 3 is 1.16 bits per heavy atom. The molecule has 9 aromatic rings. The average Bonchev–Trinajstić information content (AvgIpc) is 4.39. The molecule has 0 saturated carbocycles. The van der Waals surface area contributed by atoms with E-state index in [2.05, 4.69) is 11.1 Å². The molecule has 0 amide bonds. The number of pyridine rings is 1. The van der Waals surface area contributed by atoms with Gasteiger partial charge >= 0.3 is 0 Å². The molecule has 4 heterocycles. The van der Waals surface area contributed by atoms with Crippen LogP contribution in [0.25, 0.3) is 11.0 Å². The van der Waals surface area contributed by atoms with Gasteiger partial charge in [0.2, 0.25) is 6.79 Å². The van der Waals surface area contributed by atoms with E-state index >= 15 is 0 Å². The standard InChI is InChI=1S/C8H8O.C8H6O.C7H7ClO.C7H6O2.C7H8O.C6H5Cl.C6H6.C5H5N.8C2H6/c2*1-2-4-8-7(3-1)5-6-9-8;1-9-7-5-3-2-4-6(7)8;1-2-4-7-6(3-1)8-5-9-7;1-8-7-5-3-2-4-6-7;7-6-4-2-1-3-5-6;2*1-2-4-6-5-3-1;8*1-2/h1-4H,5-6H2;1-6H;2-5H,1H3;1-4H,5H2;2-6H,1H3;1-5H;1-6H;1-5H;8*1-2H3. The molecule has 7 aromatic carbocycles. The summed E-state index contributed by atoms with van der Waals surface area (Å²) in [6.45, 7) is 33.2. The molecule has 0 N–H and O–H groups in total. The summed E-state index contributed by atoms with van der Waals surface area (Å²) >= 11 is 11.2. The van der Waals surface area contributed by atoms with E-state index in [1.54, 1.807) is 38.9 Å². The Hall–Kier alpha value is -7.19. The Morgan fingerprint density at radius 2 is 0.785 bits per heavy atom. The van der Waals surface area contributed by atoms with E-state index in [4.69, 9.17) is 51.3 Å². The lowest BCUT2D eigenvalue weighted by Crippen LogP contribution is -1.92. The fourth-order valence-electron chi connectivity index (χ4n) is 5.15. The summed E-state index contributed by atoms with van der Waals surface area (Å²) < 4.78 is 30.4. The monoisotopic (exact) mass is 1120 g/mol. The molecule has 79 heavy (non-hydrogen) atoms. The van der Waals surface area contributed by atoms with Crippen LogP contribution in [0.1, 0.15) is 116 Å². The molecule has 434 valence electrons. The van der Waals surface area contributed by atoms with Crippen molar-refractivity contribution in [2.75, 3.05) is 27.6 Å². The van der Waals surface area contributed by atoms with Crippen LogP contribution in [0.15, 0.2) is 241 Å². The Balaban J connectivity index is -0.000000255. The van der Waals surface area contributed by atoms with E-state index in [9.17, 15) is 0 Å². The molecule has 2 aliphatic heterocycles. The minimum Gasteiger partial charge on any atom is -0.497 e. The van der Waals surface area contributed by atoms with Gasteiger partial charge in [-0.05, 0) is 84.4 Å². The van der Waals surface area contributed by atoms with Crippen molar-refractivity contribution in [3.8, 4) is 28.7 Å². The number of rotatable bonds is 2. The second-order valence-electron chi connectivity index (χ2n) is 12.6. The molecule has 7 nitrogen and oxygen atoms in total. The number of halogens is 2. The molecule has 0 aliphatic carbocycles. The number of furan rings is 1. The highest BCUT2D eigenvalue weighted by Crippen LogP contribution is 2.30. The summed E-state index contributed by atoms with van der Waals surface area (Å²) in [5.74, 6) is 4.39. The van der Waals surface area contributed by atoms with Gasteiger partial charge in [0.1, 0.15) is 22.8 Å². The van der Waals surface area contributed by atoms with E-state index in [0.717, 1.165) is 57.8 Å². The second kappa shape index (κ2) is 66.9. The van der Waals surface area contributed by atoms with E-state index in [1.165, 1.54) is 5.56 Å². The maximum atomic E-state index is 5.70. The highest BCUT2D eigenvalue weighted by molar-refractivity contribution is 6.32. The minimum atomic E-state index is 0.360. The van der Waals surface area contributed by atoms with Crippen LogP contribution in [0.5, 0.6) is 28.7 Å². The third kappa shape index (κ3) is 44.5. The van der Waals surface area contributed by atoms with Crippen LogP contribution in [-0.2, 0) is 6.42 Å². The summed E-state index contributed by atoms with van der Waals surface area (Å²) in [5.41, 5.74) is 2.30. The lowest BCUT2D eigenvalue weighted by Gasteiger charge is -1.98. The third-order valence-corrected chi connectivity index (χ3v) is 8.81. The molecule has 0 spiro atoms. The maximum Gasteiger partial charge on any atom is 0.231 e. The van der Waals surface area contributed by atoms with Crippen molar-refractivity contribution in [3.63, 3.8) is 0 Å². The lowest BCUT2D eigenvalue weighted by molar-refractivity contribution is 0.174. The zero-order valence-corrected chi connectivity index (χ0v) is 52.8. The predicted octanol–water partition coefficient (Wildman–Crippen LogP) is 22.8. The summed E-state index contributed by atoms with van der Waals surface area (Å²) in [7, 11) is 3.26. The lowest BCUT2D eigenvalue weighted by atomic mass is 10.2. The predicted molar refractivity (Wildman–Crippen MR) is 348 cm³/mol. The van der Waals surface area contributed by atoms with Crippen molar-refractivity contribution in [3.05, 3.63) is 253 Å². The fraction of sp³-hybridized carbons (Fsp3) is 0.300. The number of hydrogen-bond donors (Lipinski definition) is 0. The summed E-state index contributed by atoms with van der Waals surface area (Å²) in [6.07, 6.45) is 6.28. The van der Waals surface area contributed by atoms with Crippen LogP contribution >= 0.6 is 23.2 Å². The van der Waals surface area contributed by atoms with Gasteiger partial charge < -0.3 is 28.1 Å². The molecular formula is C70H99Cl2NO6. The zero-order valence-electron chi connectivity index (χ0n) is 51.3. The van der Waals surface area contributed by atoms with Gasteiger partial charge in [-0.1, -0.05) is 274 Å². The molecule has 0 unspecified atom stereocenters. The SMILES string of the molecule is CC.CC.CC.CC.CC.CC.CC.CC.COc1ccccc1.COc1ccccc1Cl.Clc1ccccc1.c1ccc2c(c1)CCO2.c1ccc2c(c1)OCO2.c1ccc2occc2c1.c1ccccc1.c1ccncc1. The summed E-state index contributed by atoms with van der Waals surface area (Å²) in [6, 6.07) is 69.9. The first-order valence-electron chi connectivity index (χ1n) is 28.0. The largest absolute Gasteiger partial charge is 0.497 e. The van der Waals surface area contributed by atoms with Crippen molar-refractivity contribution < 1.29 is 28.1 Å². The van der Waals surface area contributed by atoms with Crippen molar-refractivity contribution in [2.45, 2.75) is 117 Å². The number of fused-ring (bicyclic) bond motifs is 3. The molecule has 0 saturated heterocycles.